The second-order valence-electron chi connectivity index (χ2n) is 4.82. The number of halogens is 3. The van der Waals surface area contributed by atoms with E-state index in [2.05, 4.69) is 31.9 Å². The molecule has 0 radical (unpaired) electrons. The van der Waals surface area contributed by atoms with Crippen molar-refractivity contribution >= 4 is 31.9 Å². The number of rotatable bonds is 3. The van der Waals surface area contributed by atoms with Gasteiger partial charge in [-0.15, -0.1) is 0 Å². The van der Waals surface area contributed by atoms with Crippen molar-refractivity contribution in [3.05, 3.63) is 57.8 Å². The zero-order valence-corrected chi connectivity index (χ0v) is 14.3. The fourth-order valence-corrected chi connectivity index (χ4v) is 3.96. The van der Waals surface area contributed by atoms with Crippen LogP contribution >= 0.6 is 31.9 Å². The van der Waals surface area contributed by atoms with Crippen molar-refractivity contribution in [2.75, 3.05) is 13.2 Å². The average molecular weight is 416 g/mol. The number of hydrogen-bond donors (Lipinski definition) is 0. The van der Waals surface area contributed by atoms with Crippen LogP contribution in [0.3, 0.4) is 0 Å². The highest BCUT2D eigenvalue weighted by atomic mass is 79.9. The zero-order chi connectivity index (χ0) is 14.8. The lowest BCUT2D eigenvalue weighted by molar-refractivity contribution is 0.171. The van der Waals surface area contributed by atoms with Crippen LogP contribution < -0.4 is 9.47 Å². The van der Waals surface area contributed by atoms with Gasteiger partial charge in [-0.05, 0) is 41.8 Å². The molecule has 0 saturated heterocycles. The molecule has 0 saturated carbocycles. The fourth-order valence-electron chi connectivity index (χ4n) is 2.30. The molecule has 0 aliphatic carbocycles. The summed E-state index contributed by atoms with van der Waals surface area (Å²) < 4.78 is 25.4. The number of fused-ring (bicyclic) bond motifs is 1. The summed E-state index contributed by atoms with van der Waals surface area (Å²) in [5.41, 5.74) is 2.00. The molecule has 0 aromatic heterocycles. The van der Waals surface area contributed by atoms with Crippen molar-refractivity contribution in [3.8, 4) is 11.5 Å². The third-order valence-corrected chi connectivity index (χ3v) is 4.81. The second kappa shape index (κ2) is 6.36. The van der Waals surface area contributed by atoms with Gasteiger partial charge in [0, 0.05) is 9.30 Å². The van der Waals surface area contributed by atoms with Gasteiger partial charge >= 0.3 is 0 Å². The zero-order valence-electron chi connectivity index (χ0n) is 11.1. The van der Waals surface area contributed by atoms with Gasteiger partial charge in [0.15, 0.2) is 11.5 Å². The summed E-state index contributed by atoms with van der Waals surface area (Å²) in [5.74, 6) is 1.29. The molecule has 110 valence electrons. The molecule has 0 N–H and O–H groups in total. The predicted molar refractivity (Wildman–Crippen MR) is 86.9 cm³/mol. The summed E-state index contributed by atoms with van der Waals surface area (Å²) in [4.78, 5) is 0.0597. The van der Waals surface area contributed by atoms with Crippen LogP contribution in [-0.2, 0) is 6.42 Å². The Morgan fingerprint density at radius 2 is 1.81 bits per heavy atom. The first-order chi connectivity index (χ1) is 10.1. The van der Waals surface area contributed by atoms with E-state index in [1.807, 2.05) is 18.2 Å². The van der Waals surface area contributed by atoms with Gasteiger partial charge in [0.2, 0.25) is 0 Å². The summed E-state index contributed by atoms with van der Waals surface area (Å²) in [6, 6.07) is 10.5. The summed E-state index contributed by atoms with van der Waals surface area (Å²) in [7, 11) is 0. The molecule has 2 nitrogen and oxygen atoms in total. The van der Waals surface area contributed by atoms with Crippen molar-refractivity contribution in [3.63, 3.8) is 0 Å². The molecular formula is C16H13Br2FO2. The first-order valence-corrected chi connectivity index (χ1v) is 8.32. The minimum Gasteiger partial charge on any atom is -0.486 e. The largest absolute Gasteiger partial charge is 0.486 e. The first kappa shape index (κ1) is 14.9. The monoisotopic (exact) mass is 414 g/mol. The van der Waals surface area contributed by atoms with E-state index in [9.17, 15) is 4.39 Å². The van der Waals surface area contributed by atoms with Gasteiger partial charge in [-0.25, -0.2) is 4.39 Å². The SMILES string of the molecule is Fc1cccc(CC(Br)c2cc3c(cc2Br)OCCO3)c1. The number of benzene rings is 2. The van der Waals surface area contributed by atoms with E-state index in [1.54, 1.807) is 12.1 Å². The number of alkyl halides is 1. The maximum atomic E-state index is 13.3. The molecule has 0 fully saturated rings. The summed E-state index contributed by atoms with van der Waals surface area (Å²) in [5, 5.41) is 0. The van der Waals surface area contributed by atoms with Crippen molar-refractivity contribution in [1.82, 2.24) is 0 Å². The second-order valence-corrected chi connectivity index (χ2v) is 6.78. The van der Waals surface area contributed by atoms with E-state index in [1.165, 1.54) is 6.07 Å². The average Bonchev–Trinajstić information content (AvgIpc) is 2.46. The third-order valence-electron chi connectivity index (χ3n) is 3.30. The molecule has 0 spiro atoms. The summed E-state index contributed by atoms with van der Waals surface area (Å²) in [6.45, 7) is 1.13. The lowest BCUT2D eigenvalue weighted by Crippen LogP contribution is -2.15. The Kier molecular flexibility index (Phi) is 4.50. The Bertz CT molecular complexity index is 661. The van der Waals surface area contributed by atoms with Crippen LogP contribution in [0.15, 0.2) is 40.9 Å². The molecule has 0 amide bonds. The van der Waals surface area contributed by atoms with Gasteiger partial charge in [-0.2, -0.15) is 0 Å². The standard InChI is InChI=1S/C16H13Br2FO2/c17-13(7-10-2-1-3-11(19)6-10)12-8-15-16(9-14(12)18)21-5-4-20-15/h1-3,6,8-9,13H,4-5,7H2. The highest BCUT2D eigenvalue weighted by Gasteiger charge is 2.19. The molecule has 5 heteroatoms. The lowest BCUT2D eigenvalue weighted by atomic mass is 10.0. The molecule has 2 aromatic rings. The van der Waals surface area contributed by atoms with Crippen LogP contribution in [0.2, 0.25) is 0 Å². The van der Waals surface area contributed by atoms with Gasteiger partial charge in [0.05, 0.1) is 0 Å². The van der Waals surface area contributed by atoms with Crippen molar-refractivity contribution in [2.24, 2.45) is 0 Å². The molecule has 21 heavy (non-hydrogen) atoms. The van der Waals surface area contributed by atoms with E-state index >= 15 is 0 Å². The third kappa shape index (κ3) is 3.40. The van der Waals surface area contributed by atoms with Gasteiger partial charge in [-0.3, -0.25) is 0 Å². The molecule has 1 aliphatic rings. The molecule has 1 aliphatic heterocycles. The maximum absolute atomic E-state index is 13.3. The van der Waals surface area contributed by atoms with Gasteiger partial charge < -0.3 is 9.47 Å². The Balaban J connectivity index is 1.85. The van der Waals surface area contributed by atoms with Crippen LogP contribution in [0.4, 0.5) is 4.39 Å². The Labute approximate surface area is 139 Å². The molecule has 2 aromatic carbocycles. The topological polar surface area (TPSA) is 18.5 Å². The highest BCUT2D eigenvalue weighted by molar-refractivity contribution is 9.11. The maximum Gasteiger partial charge on any atom is 0.162 e. The molecule has 1 atom stereocenters. The smallest absolute Gasteiger partial charge is 0.162 e. The number of ether oxygens (including phenoxy) is 2. The van der Waals surface area contributed by atoms with Crippen molar-refractivity contribution < 1.29 is 13.9 Å². The Morgan fingerprint density at radius 1 is 1.10 bits per heavy atom. The molecule has 1 heterocycles. The quantitative estimate of drug-likeness (QED) is 0.654. The summed E-state index contributed by atoms with van der Waals surface area (Å²) in [6.07, 6.45) is 0.690. The molecule has 0 bridgehead atoms. The van der Waals surface area contributed by atoms with Gasteiger partial charge in [0.1, 0.15) is 19.0 Å². The molecular weight excluding hydrogens is 403 g/mol. The predicted octanol–water partition coefficient (Wildman–Crippen LogP) is 5.04. The summed E-state index contributed by atoms with van der Waals surface area (Å²) >= 11 is 7.24. The Hall–Kier alpha value is -1.07. The highest BCUT2D eigenvalue weighted by Crippen LogP contribution is 2.41. The van der Waals surface area contributed by atoms with Crippen LogP contribution in [0.1, 0.15) is 16.0 Å². The first-order valence-electron chi connectivity index (χ1n) is 6.61. The van der Waals surface area contributed by atoms with Crippen LogP contribution in [-0.4, -0.2) is 13.2 Å². The van der Waals surface area contributed by atoms with Gasteiger partial charge in [-0.1, -0.05) is 44.0 Å². The minimum atomic E-state index is -0.214. The van der Waals surface area contributed by atoms with Crippen molar-refractivity contribution in [2.45, 2.75) is 11.2 Å². The van der Waals surface area contributed by atoms with Crippen LogP contribution in [0.25, 0.3) is 0 Å². The van der Waals surface area contributed by atoms with Crippen molar-refractivity contribution in [1.29, 1.82) is 0 Å². The van der Waals surface area contributed by atoms with E-state index in [0.29, 0.717) is 19.6 Å². The minimum absolute atomic E-state index is 0.0597. The van der Waals surface area contributed by atoms with Gasteiger partial charge in [0.25, 0.3) is 0 Å². The van der Waals surface area contributed by atoms with Crippen LogP contribution in [0, 0.1) is 5.82 Å². The number of hydrogen-bond acceptors (Lipinski definition) is 2. The normalized spacial score (nSPS) is 14.8. The van der Waals surface area contributed by atoms with Crippen LogP contribution in [0.5, 0.6) is 11.5 Å². The van der Waals surface area contributed by atoms with E-state index < -0.39 is 0 Å². The lowest BCUT2D eigenvalue weighted by Gasteiger charge is -2.21. The van der Waals surface area contributed by atoms with E-state index in [-0.39, 0.29) is 10.6 Å². The van der Waals surface area contributed by atoms with E-state index in [4.69, 9.17) is 9.47 Å². The molecule has 3 rings (SSSR count). The van der Waals surface area contributed by atoms with E-state index in [0.717, 1.165) is 27.1 Å². The Morgan fingerprint density at radius 3 is 2.52 bits per heavy atom. The molecule has 1 unspecified atom stereocenters. The fraction of sp³-hybridized carbons (Fsp3) is 0.250.